The van der Waals surface area contributed by atoms with E-state index in [2.05, 4.69) is 55.3 Å². The summed E-state index contributed by atoms with van der Waals surface area (Å²) in [6, 6.07) is 3.05. The van der Waals surface area contributed by atoms with Crippen molar-refractivity contribution in [2.45, 2.75) is 45.8 Å². The minimum absolute atomic E-state index is 0.445. The zero-order valence-corrected chi connectivity index (χ0v) is 14.7. The summed E-state index contributed by atoms with van der Waals surface area (Å²) in [6.45, 7) is 7.26. The second kappa shape index (κ2) is 8.75. The second-order valence-corrected chi connectivity index (χ2v) is 6.62. The van der Waals surface area contributed by atoms with Crippen LogP contribution < -0.4 is 10.2 Å². The molecule has 0 radical (unpaired) electrons. The third-order valence-electron chi connectivity index (χ3n) is 3.36. The lowest BCUT2D eigenvalue weighted by Gasteiger charge is -2.28. The van der Waals surface area contributed by atoms with Gasteiger partial charge in [0.15, 0.2) is 0 Å². The van der Waals surface area contributed by atoms with Crippen molar-refractivity contribution in [2.75, 3.05) is 24.0 Å². The Labute approximate surface area is 132 Å². The lowest BCUT2D eigenvalue weighted by atomic mass is 10.2. The number of hydrogen-bond acceptors (Lipinski definition) is 4. The molecule has 1 unspecified atom stereocenters. The maximum Gasteiger partial charge on any atom is 0.128 e. The fraction of sp³-hybridized carbons (Fsp3) is 0.667. The maximum atomic E-state index is 6.23. The number of hydrogen-bond donors (Lipinski definition) is 1. The van der Waals surface area contributed by atoms with E-state index in [1.807, 2.05) is 11.8 Å². The summed E-state index contributed by atoms with van der Waals surface area (Å²) in [6.07, 6.45) is 5.02. The summed E-state index contributed by atoms with van der Waals surface area (Å²) in [4.78, 5) is 6.73. The van der Waals surface area contributed by atoms with Gasteiger partial charge in [0, 0.05) is 37.6 Å². The Hall–Kier alpha value is -0.450. The molecule has 0 aromatic carbocycles. The molecule has 1 aromatic heterocycles. The van der Waals surface area contributed by atoms with Crippen LogP contribution in [0.15, 0.2) is 12.3 Å². The first kappa shape index (κ1) is 17.6. The van der Waals surface area contributed by atoms with Crippen molar-refractivity contribution < 1.29 is 0 Å². The van der Waals surface area contributed by atoms with E-state index in [9.17, 15) is 0 Å². The Bertz CT molecular complexity index is 412. The molecule has 114 valence electrons. The number of nitrogens with zero attached hydrogens (tertiary/aromatic N) is 2. The van der Waals surface area contributed by atoms with Crippen LogP contribution in [-0.2, 0) is 6.54 Å². The van der Waals surface area contributed by atoms with Crippen molar-refractivity contribution in [2.24, 2.45) is 0 Å². The van der Waals surface area contributed by atoms with Crippen LogP contribution in [-0.4, -0.2) is 36.1 Å². The molecular weight excluding hydrogens is 290 g/mol. The van der Waals surface area contributed by atoms with E-state index >= 15 is 0 Å². The Morgan fingerprint density at radius 2 is 2.15 bits per heavy atom. The molecule has 20 heavy (non-hydrogen) atoms. The van der Waals surface area contributed by atoms with Gasteiger partial charge in [0.1, 0.15) is 5.82 Å². The van der Waals surface area contributed by atoms with Gasteiger partial charge in [-0.2, -0.15) is 11.8 Å². The van der Waals surface area contributed by atoms with E-state index in [0.29, 0.717) is 12.1 Å². The SMILES string of the molecule is CCC(CSC)N(C)c1cc(CNC(C)C)c(Cl)cn1. The van der Waals surface area contributed by atoms with Crippen molar-refractivity contribution >= 4 is 29.2 Å². The molecule has 1 rings (SSSR count). The summed E-state index contributed by atoms with van der Waals surface area (Å²) in [5.74, 6) is 2.10. The molecule has 0 saturated heterocycles. The third kappa shape index (κ3) is 5.15. The number of pyridine rings is 1. The molecule has 0 saturated carbocycles. The third-order valence-corrected chi connectivity index (χ3v) is 4.42. The lowest BCUT2D eigenvalue weighted by molar-refractivity contribution is 0.588. The first-order valence-electron chi connectivity index (χ1n) is 7.09. The molecule has 0 amide bonds. The molecule has 0 spiro atoms. The van der Waals surface area contributed by atoms with Crippen molar-refractivity contribution in [1.82, 2.24) is 10.3 Å². The average molecular weight is 316 g/mol. The fourth-order valence-electron chi connectivity index (χ4n) is 1.99. The smallest absolute Gasteiger partial charge is 0.128 e. The van der Waals surface area contributed by atoms with E-state index in [1.54, 1.807) is 6.20 Å². The number of halogens is 1. The van der Waals surface area contributed by atoms with Gasteiger partial charge in [0.25, 0.3) is 0 Å². The fourth-order valence-corrected chi connectivity index (χ4v) is 3.01. The topological polar surface area (TPSA) is 28.2 Å². The standard InChI is InChI=1S/C15H26ClN3S/c1-6-13(10-20-5)19(4)15-7-12(8-17-11(2)3)14(16)9-18-15/h7,9,11,13,17H,6,8,10H2,1-5H3. The summed E-state index contributed by atoms with van der Waals surface area (Å²) < 4.78 is 0. The molecule has 3 nitrogen and oxygen atoms in total. The number of aromatic nitrogens is 1. The monoisotopic (exact) mass is 315 g/mol. The highest BCUT2D eigenvalue weighted by Gasteiger charge is 2.15. The molecular formula is C15H26ClN3S. The van der Waals surface area contributed by atoms with E-state index in [1.165, 1.54) is 0 Å². The van der Waals surface area contributed by atoms with E-state index in [0.717, 1.165) is 35.1 Å². The molecule has 0 aliphatic heterocycles. The van der Waals surface area contributed by atoms with Gasteiger partial charge in [-0.05, 0) is 24.3 Å². The van der Waals surface area contributed by atoms with Gasteiger partial charge in [-0.15, -0.1) is 0 Å². The average Bonchev–Trinajstić information content (AvgIpc) is 2.43. The number of rotatable bonds is 8. The molecule has 0 aliphatic rings. The largest absolute Gasteiger partial charge is 0.356 e. The highest BCUT2D eigenvalue weighted by Crippen LogP contribution is 2.22. The summed E-state index contributed by atoms with van der Waals surface area (Å²) in [7, 11) is 2.11. The van der Waals surface area contributed by atoms with Crippen molar-refractivity contribution in [3.63, 3.8) is 0 Å². The quantitative estimate of drug-likeness (QED) is 0.789. The normalized spacial score (nSPS) is 12.8. The van der Waals surface area contributed by atoms with Gasteiger partial charge in [-0.25, -0.2) is 4.98 Å². The number of thioether (sulfide) groups is 1. The van der Waals surface area contributed by atoms with E-state index < -0.39 is 0 Å². The van der Waals surface area contributed by atoms with Crippen LogP contribution in [0.4, 0.5) is 5.82 Å². The van der Waals surface area contributed by atoms with Gasteiger partial charge >= 0.3 is 0 Å². The van der Waals surface area contributed by atoms with Gasteiger partial charge in [0.2, 0.25) is 0 Å². The van der Waals surface area contributed by atoms with E-state index in [-0.39, 0.29) is 0 Å². The highest BCUT2D eigenvalue weighted by atomic mass is 35.5. The Morgan fingerprint density at radius 1 is 1.45 bits per heavy atom. The van der Waals surface area contributed by atoms with Crippen LogP contribution in [0.25, 0.3) is 0 Å². The zero-order chi connectivity index (χ0) is 15.1. The predicted molar refractivity (Wildman–Crippen MR) is 92.1 cm³/mol. The molecule has 0 bridgehead atoms. The van der Waals surface area contributed by atoms with Gasteiger partial charge < -0.3 is 10.2 Å². The van der Waals surface area contributed by atoms with Crippen LogP contribution in [0.3, 0.4) is 0 Å². The molecule has 1 heterocycles. The second-order valence-electron chi connectivity index (χ2n) is 5.30. The Balaban J connectivity index is 2.87. The van der Waals surface area contributed by atoms with Crippen molar-refractivity contribution in [1.29, 1.82) is 0 Å². The van der Waals surface area contributed by atoms with Crippen LogP contribution >= 0.6 is 23.4 Å². The van der Waals surface area contributed by atoms with Crippen LogP contribution in [0.1, 0.15) is 32.8 Å². The molecule has 0 fully saturated rings. The molecule has 0 aliphatic carbocycles. The Morgan fingerprint density at radius 3 is 2.70 bits per heavy atom. The number of anilines is 1. The zero-order valence-electron chi connectivity index (χ0n) is 13.1. The minimum atomic E-state index is 0.445. The van der Waals surface area contributed by atoms with Crippen LogP contribution in [0.2, 0.25) is 5.02 Å². The Kier molecular flexibility index (Phi) is 7.70. The van der Waals surface area contributed by atoms with Gasteiger partial charge in [-0.1, -0.05) is 32.4 Å². The first-order valence-corrected chi connectivity index (χ1v) is 8.86. The van der Waals surface area contributed by atoms with Gasteiger partial charge in [0.05, 0.1) is 5.02 Å². The summed E-state index contributed by atoms with van der Waals surface area (Å²) in [5, 5.41) is 4.13. The van der Waals surface area contributed by atoms with Crippen molar-refractivity contribution in [3.8, 4) is 0 Å². The molecule has 1 atom stereocenters. The minimum Gasteiger partial charge on any atom is -0.356 e. The number of nitrogens with one attached hydrogen (secondary N) is 1. The van der Waals surface area contributed by atoms with Gasteiger partial charge in [-0.3, -0.25) is 0 Å². The first-order chi connectivity index (χ1) is 9.49. The maximum absolute atomic E-state index is 6.23. The molecule has 1 N–H and O–H groups in total. The van der Waals surface area contributed by atoms with E-state index in [4.69, 9.17) is 11.6 Å². The van der Waals surface area contributed by atoms with Crippen LogP contribution in [0.5, 0.6) is 0 Å². The van der Waals surface area contributed by atoms with Crippen molar-refractivity contribution in [3.05, 3.63) is 22.8 Å². The summed E-state index contributed by atoms with van der Waals surface area (Å²) in [5.41, 5.74) is 1.11. The predicted octanol–water partition coefficient (Wildman–Crippen LogP) is 3.81. The van der Waals surface area contributed by atoms with Crippen LogP contribution in [0, 0.1) is 0 Å². The molecule has 1 aromatic rings. The molecule has 5 heteroatoms. The lowest BCUT2D eigenvalue weighted by Crippen LogP contribution is -2.34. The highest BCUT2D eigenvalue weighted by molar-refractivity contribution is 7.98. The summed E-state index contributed by atoms with van der Waals surface area (Å²) >= 11 is 8.10.